The zero-order chi connectivity index (χ0) is 15.1. The molecule has 3 heterocycles. The molecule has 2 aliphatic heterocycles. The van der Waals surface area contributed by atoms with E-state index in [0.717, 1.165) is 42.5 Å². The maximum absolute atomic E-state index is 12.8. The van der Waals surface area contributed by atoms with Crippen LogP contribution < -0.4 is 0 Å². The van der Waals surface area contributed by atoms with Gasteiger partial charge in [0.2, 0.25) is 0 Å². The maximum atomic E-state index is 12.8. The second-order valence-corrected chi connectivity index (χ2v) is 8.98. The molecule has 22 heavy (non-hydrogen) atoms. The van der Waals surface area contributed by atoms with E-state index >= 15 is 0 Å². The molecular formula is C18H23NOS2. The van der Waals surface area contributed by atoms with Gasteiger partial charge in [0.25, 0.3) is 5.91 Å². The normalized spacial score (nSPS) is 22.0. The molecule has 1 aromatic rings. The Bertz CT molecular complexity index is 623. The van der Waals surface area contributed by atoms with Crippen LogP contribution in [0.2, 0.25) is 0 Å². The van der Waals surface area contributed by atoms with Gasteiger partial charge in [-0.05, 0) is 61.6 Å². The van der Waals surface area contributed by atoms with Crippen LogP contribution in [0.25, 0.3) is 6.08 Å². The summed E-state index contributed by atoms with van der Waals surface area (Å²) in [5, 5.41) is 0. The minimum absolute atomic E-state index is 0.272. The third kappa shape index (κ3) is 2.65. The van der Waals surface area contributed by atoms with Gasteiger partial charge in [0.05, 0.1) is 4.91 Å². The molecule has 0 saturated carbocycles. The number of nitrogens with zero attached hydrogens (tertiary/aromatic N) is 1. The van der Waals surface area contributed by atoms with E-state index in [-0.39, 0.29) is 5.91 Å². The second-order valence-electron chi connectivity index (χ2n) is 6.83. The smallest absolute Gasteiger partial charge is 0.260 e. The van der Waals surface area contributed by atoms with Gasteiger partial charge in [-0.15, -0.1) is 23.1 Å². The standard InChI is InChI=1S/C18H23NOS2/c1-12-6-8-19(9-7-12)18(20)17-10-16-14(11-21-17)13-4-2-3-5-15(13)22-16/h10,12H,2-9,11H2,1H3. The molecule has 4 rings (SSSR count). The maximum Gasteiger partial charge on any atom is 0.260 e. The number of thiophene rings is 1. The first-order chi connectivity index (χ1) is 10.7. The van der Waals surface area contributed by atoms with Gasteiger partial charge in [0, 0.05) is 28.6 Å². The van der Waals surface area contributed by atoms with Crippen molar-refractivity contribution in [3.8, 4) is 0 Å². The van der Waals surface area contributed by atoms with E-state index in [9.17, 15) is 4.79 Å². The molecule has 0 aromatic carbocycles. The Hall–Kier alpha value is -0.740. The van der Waals surface area contributed by atoms with Crippen molar-refractivity contribution >= 4 is 35.1 Å². The number of amides is 1. The van der Waals surface area contributed by atoms with Crippen molar-refractivity contribution in [1.82, 2.24) is 4.90 Å². The molecular weight excluding hydrogens is 310 g/mol. The van der Waals surface area contributed by atoms with Gasteiger partial charge < -0.3 is 4.90 Å². The Labute approximate surface area is 141 Å². The molecule has 0 bridgehead atoms. The van der Waals surface area contributed by atoms with Gasteiger partial charge in [0.1, 0.15) is 0 Å². The van der Waals surface area contributed by atoms with Crippen LogP contribution in [0.1, 0.15) is 53.5 Å². The predicted molar refractivity (Wildman–Crippen MR) is 95.2 cm³/mol. The molecule has 1 amide bonds. The zero-order valence-corrected chi connectivity index (χ0v) is 14.8. The Morgan fingerprint density at radius 3 is 2.77 bits per heavy atom. The number of aryl methyl sites for hydroxylation is 1. The van der Waals surface area contributed by atoms with Crippen molar-refractivity contribution < 1.29 is 4.79 Å². The minimum atomic E-state index is 0.272. The molecule has 0 unspecified atom stereocenters. The van der Waals surface area contributed by atoms with Crippen molar-refractivity contribution in [1.29, 1.82) is 0 Å². The van der Waals surface area contributed by atoms with Crippen LogP contribution in [-0.2, 0) is 23.4 Å². The summed E-state index contributed by atoms with van der Waals surface area (Å²) in [6, 6.07) is 0. The van der Waals surface area contributed by atoms with Crippen LogP contribution in [0.5, 0.6) is 0 Å². The minimum Gasteiger partial charge on any atom is -0.338 e. The number of carbonyl (C=O) groups is 1. The molecule has 1 fully saturated rings. The summed E-state index contributed by atoms with van der Waals surface area (Å²) in [6.07, 6.45) is 9.67. The highest BCUT2D eigenvalue weighted by molar-refractivity contribution is 8.03. The number of carbonyl (C=O) groups excluding carboxylic acids is 1. The molecule has 0 atom stereocenters. The van der Waals surface area contributed by atoms with Gasteiger partial charge in [0.15, 0.2) is 0 Å². The lowest BCUT2D eigenvalue weighted by molar-refractivity contribution is -0.127. The SMILES string of the molecule is CC1CCN(C(=O)C2=Cc3sc4c(c3CS2)CCCC4)CC1. The lowest BCUT2D eigenvalue weighted by Gasteiger charge is -2.31. The van der Waals surface area contributed by atoms with E-state index in [4.69, 9.17) is 0 Å². The van der Waals surface area contributed by atoms with Crippen molar-refractivity contribution in [3.05, 3.63) is 25.8 Å². The average Bonchev–Trinajstić information content (AvgIpc) is 2.92. The molecule has 1 saturated heterocycles. The summed E-state index contributed by atoms with van der Waals surface area (Å²) in [7, 11) is 0. The van der Waals surface area contributed by atoms with E-state index in [1.165, 1.54) is 36.1 Å². The van der Waals surface area contributed by atoms with Gasteiger partial charge in [-0.2, -0.15) is 0 Å². The lowest BCUT2D eigenvalue weighted by Crippen LogP contribution is -2.38. The van der Waals surface area contributed by atoms with Gasteiger partial charge in [-0.1, -0.05) is 6.92 Å². The Balaban J connectivity index is 1.56. The fraction of sp³-hybridized carbons (Fsp3) is 0.611. The first kappa shape index (κ1) is 14.8. The van der Waals surface area contributed by atoms with Crippen LogP contribution in [0.15, 0.2) is 4.91 Å². The van der Waals surface area contributed by atoms with Crippen LogP contribution in [0, 0.1) is 5.92 Å². The fourth-order valence-corrected chi connectivity index (χ4v) is 6.33. The number of likely N-dealkylation sites (tertiary alicyclic amines) is 1. The molecule has 118 valence electrons. The zero-order valence-electron chi connectivity index (χ0n) is 13.2. The molecule has 0 radical (unpaired) electrons. The van der Waals surface area contributed by atoms with Crippen molar-refractivity contribution in [2.75, 3.05) is 13.1 Å². The van der Waals surface area contributed by atoms with Crippen molar-refractivity contribution in [2.45, 2.75) is 51.2 Å². The third-order valence-electron chi connectivity index (χ3n) is 5.23. The summed E-state index contributed by atoms with van der Waals surface area (Å²) in [5.74, 6) is 2.05. The molecule has 4 heteroatoms. The van der Waals surface area contributed by atoms with Crippen LogP contribution in [0.3, 0.4) is 0 Å². The molecule has 1 aliphatic carbocycles. The Kier molecular flexibility index (Phi) is 4.07. The molecule has 0 spiro atoms. The monoisotopic (exact) mass is 333 g/mol. The summed E-state index contributed by atoms with van der Waals surface area (Å²) < 4.78 is 0. The third-order valence-corrected chi connectivity index (χ3v) is 7.55. The van der Waals surface area contributed by atoms with E-state index in [1.807, 2.05) is 11.3 Å². The van der Waals surface area contributed by atoms with Gasteiger partial charge >= 0.3 is 0 Å². The number of rotatable bonds is 1. The highest BCUT2D eigenvalue weighted by Crippen LogP contribution is 2.43. The first-order valence-corrected chi connectivity index (χ1v) is 10.3. The van der Waals surface area contributed by atoms with Crippen LogP contribution in [0.4, 0.5) is 0 Å². The average molecular weight is 334 g/mol. The topological polar surface area (TPSA) is 20.3 Å². The predicted octanol–water partition coefficient (Wildman–Crippen LogP) is 4.47. The van der Waals surface area contributed by atoms with E-state index in [1.54, 1.807) is 22.2 Å². The summed E-state index contributed by atoms with van der Waals surface area (Å²) in [6.45, 7) is 4.16. The molecule has 1 aromatic heterocycles. The number of piperidine rings is 1. The van der Waals surface area contributed by atoms with Gasteiger partial charge in [-0.3, -0.25) is 4.79 Å². The van der Waals surface area contributed by atoms with Crippen LogP contribution >= 0.6 is 23.1 Å². The number of hydrogen-bond donors (Lipinski definition) is 0. The second kappa shape index (κ2) is 6.04. The molecule has 0 N–H and O–H groups in total. The number of hydrogen-bond acceptors (Lipinski definition) is 3. The quantitative estimate of drug-likeness (QED) is 0.755. The highest BCUT2D eigenvalue weighted by Gasteiger charge is 2.28. The highest BCUT2D eigenvalue weighted by atomic mass is 32.2. The summed E-state index contributed by atoms with van der Waals surface area (Å²) in [5.41, 5.74) is 3.15. The summed E-state index contributed by atoms with van der Waals surface area (Å²) >= 11 is 3.71. The van der Waals surface area contributed by atoms with Gasteiger partial charge in [-0.25, -0.2) is 0 Å². The first-order valence-electron chi connectivity index (χ1n) is 8.49. The molecule has 3 aliphatic rings. The Morgan fingerprint density at radius 1 is 1.18 bits per heavy atom. The van der Waals surface area contributed by atoms with E-state index in [0.29, 0.717) is 0 Å². The fourth-order valence-electron chi connectivity index (χ4n) is 3.73. The number of thioether (sulfide) groups is 1. The number of fused-ring (bicyclic) bond motifs is 3. The van der Waals surface area contributed by atoms with E-state index in [2.05, 4.69) is 17.9 Å². The van der Waals surface area contributed by atoms with Crippen LogP contribution in [-0.4, -0.2) is 23.9 Å². The lowest BCUT2D eigenvalue weighted by atomic mass is 9.95. The largest absolute Gasteiger partial charge is 0.338 e. The Morgan fingerprint density at radius 2 is 1.95 bits per heavy atom. The molecule has 2 nitrogen and oxygen atoms in total. The van der Waals surface area contributed by atoms with Crippen molar-refractivity contribution in [3.63, 3.8) is 0 Å². The summed E-state index contributed by atoms with van der Waals surface area (Å²) in [4.78, 5) is 18.8. The van der Waals surface area contributed by atoms with Crippen molar-refractivity contribution in [2.24, 2.45) is 5.92 Å². The van der Waals surface area contributed by atoms with E-state index < -0.39 is 0 Å².